The Morgan fingerprint density at radius 2 is 1.57 bits per heavy atom. The summed E-state index contributed by atoms with van der Waals surface area (Å²) in [4.78, 5) is 28.4. The van der Waals surface area contributed by atoms with Crippen molar-refractivity contribution in [2.45, 2.75) is 50.7 Å². The number of sulfonamides is 1. The van der Waals surface area contributed by atoms with Crippen molar-refractivity contribution in [3.8, 4) is 11.5 Å². The molecule has 0 unspecified atom stereocenters. The summed E-state index contributed by atoms with van der Waals surface area (Å²) >= 11 is 12.3. The summed E-state index contributed by atoms with van der Waals surface area (Å²) in [5.41, 5.74) is 0.891. The van der Waals surface area contributed by atoms with Gasteiger partial charge in [-0.15, -0.1) is 0 Å². The van der Waals surface area contributed by atoms with Gasteiger partial charge in [-0.05, 0) is 62.2 Å². The van der Waals surface area contributed by atoms with Gasteiger partial charge in [0.25, 0.3) is 10.0 Å². The molecule has 9 nitrogen and oxygen atoms in total. The molecule has 0 aliphatic carbocycles. The van der Waals surface area contributed by atoms with Crippen molar-refractivity contribution < 1.29 is 27.5 Å². The topological polar surface area (TPSA) is 105 Å². The monoisotopic (exact) mass is 635 g/mol. The minimum absolute atomic E-state index is 0.0101. The molecular formula is C30H35Cl2N3O6S. The highest BCUT2D eigenvalue weighted by molar-refractivity contribution is 7.92. The molecule has 3 aromatic rings. The molecule has 2 atom stereocenters. The van der Waals surface area contributed by atoms with E-state index in [-0.39, 0.29) is 34.8 Å². The van der Waals surface area contributed by atoms with Gasteiger partial charge in [-0.1, -0.05) is 54.4 Å². The molecule has 0 radical (unpaired) electrons. The van der Waals surface area contributed by atoms with Crippen LogP contribution in [-0.4, -0.2) is 58.0 Å². The molecule has 0 aliphatic heterocycles. The summed E-state index contributed by atoms with van der Waals surface area (Å²) in [7, 11) is -1.43. The second-order valence-electron chi connectivity index (χ2n) is 9.63. The van der Waals surface area contributed by atoms with Crippen LogP contribution in [0.15, 0.2) is 71.6 Å². The molecule has 12 heteroatoms. The SMILES string of the molecule is CC[C@H](C)NC(=O)[C@@H](C)N(Cc1ccc(Cl)c(Cl)c1)C(=O)CN(c1ccccc1)S(=O)(=O)c1ccc(OC)c(OC)c1. The number of hydrogen-bond acceptors (Lipinski definition) is 6. The fourth-order valence-electron chi connectivity index (χ4n) is 4.11. The summed E-state index contributed by atoms with van der Waals surface area (Å²) in [5, 5.41) is 3.53. The Balaban J connectivity index is 2.05. The number of halogens is 2. The third-order valence-corrected chi connectivity index (χ3v) is 9.28. The zero-order valence-corrected chi connectivity index (χ0v) is 26.5. The number of rotatable bonds is 13. The Kier molecular flexibility index (Phi) is 11.5. The fourth-order valence-corrected chi connectivity index (χ4v) is 5.86. The number of nitrogens with zero attached hydrogens (tertiary/aromatic N) is 2. The second kappa shape index (κ2) is 14.6. The van der Waals surface area contributed by atoms with Gasteiger partial charge in [0.2, 0.25) is 11.8 Å². The molecule has 42 heavy (non-hydrogen) atoms. The van der Waals surface area contributed by atoms with Gasteiger partial charge in [0.1, 0.15) is 12.6 Å². The molecule has 226 valence electrons. The minimum Gasteiger partial charge on any atom is -0.493 e. The van der Waals surface area contributed by atoms with Crippen molar-refractivity contribution in [3.05, 3.63) is 82.3 Å². The predicted molar refractivity (Wildman–Crippen MR) is 165 cm³/mol. The smallest absolute Gasteiger partial charge is 0.264 e. The van der Waals surface area contributed by atoms with Crippen LogP contribution in [0, 0.1) is 0 Å². The number of anilines is 1. The fraction of sp³-hybridized carbons (Fsp3) is 0.333. The number of methoxy groups -OCH3 is 2. The van der Waals surface area contributed by atoms with E-state index in [9.17, 15) is 18.0 Å². The van der Waals surface area contributed by atoms with E-state index in [1.165, 1.54) is 37.3 Å². The van der Waals surface area contributed by atoms with E-state index >= 15 is 0 Å². The van der Waals surface area contributed by atoms with Crippen LogP contribution in [-0.2, 0) is 26.2 Å². The lowest BCUT2D eigenvalue weighted by Crippen LogP contribution is -2.52. The van der Waals surface area contributed by atoms with E-state index in [4.69, 9.17) is 32.7 Å². The average Bonchev–Trinajstić information content (AvgIpc) is 2.99. The lowest BCUT2D eigenvalue weighted by molar-refractivity contribution is -0.139. The molecule has 0 bridgehead atoms. The zero-order chi connectivity index (χ0) is 31.0. The Labute approximate surface area is 257 Å². The van der Waals surface area contributed by atoms with Gasteiger partial charge in [0, 0.05) is 18.7 Å². The Hall–Kier alpha value is -3.47. The summed E-state index contributed by atoms with van der Waals surface area (Å²) < 4.78 is 39.6. The third-order valence-electron chi connectivity index (χ3n) is 6.77. The van der Waals surface area contributed by atoms with Crippen molar-refractivity contribution in [2.75, 3.05) is 25.1 Å². The van der Waals surface area contributed by atoms with Crippen molar-refractivity contribution in [2.24, 2.45) is 0 Å². The van der Waals surface area contributed by atoms with Crippen molar-refractivity contribution in [1.82, 2.24) is 10.2 Å². The third kappa shape index (κ3) is 7.87. The lowest BCUT2D eigenvalue weighted by Gasteiger charge is -2.32. The van der Waals surface area contributed by atoms with E-state index in [2.05, 4.69) is 5.32 Å². The molecule has 0 saturated carbocycles. The van der Waals surface area contributed by atoms with E-state index < -0.39 is 28.5 Å². The first kappa shape index (κ1) is 33.0. The number of para-hydroxylation sites is 1. The van der Waals surface area contributed by atoms with Gasteiger partial charge in [-0.2, -0.15) is 0 Å². The number of carbonyl (C=O) groups excluding carboxylic acids is 2. The molecule has 0 saturated heterocycles. The first-order chi connectivity index (χ1) is 19.9. The highest BCUT2D eigenvalue weighted by atomic mass is 35.5. The quantitative estimate of drug-likeness (QED) is 0.264. The summed E-state index contributed by atoms with van der Waals surface area (Å²) in [6.45, 7) is 4.81. The largest absolute Gasteiger partial charge is 0.493 e. The van der Waals surface area contributed by atoms with Crippen LogP contribution in [0.4, 0.5) is 5.69 Å². The van der Waals surface area contributed by atoms with E-state index in [1.807, 2.05) is 13.8 Å². The van der Waals surface area contributed by atoms with E-state index in [0.29, 0.717) is 27.8 Å². The van der Waals surface area contributed by atoms with Crippen LogP contribution in [0.1, 0.15) is 32.8 Å². The summed E-state index contributed by atoms with van der Waals surface area (Å²) in [6.07, 6.45) is 0.699. The molecular weight excluding hydrogens is 601 g/mol. The van der Waals surface area contributed by atoms with Crippen LogP contribution >= 0.6 is 23.2 Å². The van der Waals surface area contributed by atoms with Gasteiger partial charge >= 0.3 is 0 Å². The van der Waals surface area contributed by atoms with Crippen LogP contribution < -0.4 is 19.1 Å². The molecule has 3 rings (SSSR count). The standard InChI is InChI=1S/C30H35Cl2N3O6S/c1-6-20(2)33-30(37)21(3)34(18-22-12-14-25(31)26(32)16-22)29(36)19-35(23-10-8-7-9-11-23)42(38,39)24-13-15-27(40-4)28(17-24)41-5/h7-17,20-21H,6,18-19H2,1-5H3,(H,33,37)/t20-,21+/m0/s1. The highest BCUT2D eigenvalue weighted by Crippen LogP contribution is 2.32. The van der Waals surface area contributed by atoms with Crippen molar-refractivity contribution >= 4 is 50.7 Å². The molecule has 0 aromatic heterocycles. The Morgan fingerprint density at radius 1 is 0.905 bits per heavy atom. The lowest BCUT2D eigenvalue weighted by atomic mass is 10.1. The van der Waals surface area contributed by atoms with Gasteiger partial charge in [-0.3, -0.25) is 13.9 Å². The molecule has 0 heterocycles. The molecule has 0 fully saturated rings. The van der Waals surface area contributed by atoms with Crippen LogP contribution in [0.25, 0.3) is 0 Å². The maximum absolute atomic E-state index is 14.0. The number of hydrogen-bond donors (Lipinski definition) is 1. The number of ether oxygens (including phenoxy) is 2. The first-order valence-corrected chi connectivity index (χ1v) is 15.5. The summed E-state index contributed by atoms with van der Waals surface area (Å²) in [5.74, 6) is -0.394. The van der Waals surface area contributed by atoms with Crippen molar-refractivity contribution in [3.63, 3.8) is 0 Å². The maximum atomic E-state index is 14.0. The highest BCUT2D eigenvalue weighted by Gasteiger charge is 2.33. The van der Waals surface area contributed by atoms with Gasteiger partial charge in [0.15, 0.2) is 11.5 Å². The van der Waals surface area contributed by atoms with E-state index in [0.717, 1.165) is 4.31 Å². The summed E-state index contributed by atoms with van der Waals surface area (Å²) in [6, 6.07) is 16.3. The first-order valence-electron chi connectivity index (χ1n) is 13.3. The van der Waals surface area contributed by atoms with E-state index in [1.54, 1.807) is 55.5 Å². The number of benzene rings is 3. The second-order valence-corrected chi connectivity index (χ2v) is 12.3. The Morgan fingerprint density at radius 3 is 2.17 bits per heavy atom. The average molecular weight is 637 g/mol. The van der Waals surface area contributed by atoms with Crippen LogP contribution in [0.5, 0.6) is 11.5 Å². The van der Waals surface area contributed by atoms with Crippen molar-refractivity contribution in [1.29, 1.82) is 0 Å². The number of amides is 2. The molecule has 3 aromatic carbocycles. The minimum atomic E-state index is -4.28. The van der Waals surface area contributed by atoms with Gasteiger partial charge in [-0.25, -0.2) is 8.42 Å². The van der Waals surface area contributed by atoms with Crippen LogP contribution in [0.2, 0.25) is 10.0 Å². The van der Waals surface area contributed by atoms with Crippen LogP contribution in [0.3, 0.4) is 0 Å². The predicted octanol–water partition coefficient (Wildman–Crippen LogP) is 5.54. The molecule has 0 aliphatic rings. The molecule has 0 spiro atoms. The normalized spacial score (nSPS) is 12.6. The van der Waals surface area contributed by atoms with Gasteiger partial charge < -0.3 is 19.7 Å². The molecule has 1 N–H and O–H groups in total. The Bertz CT molecular complexity index is 1500. The number of carbonyl (C=O) groups is 2. The number of nitrogens with one attached hydrogen (secondary N) is 1. The maximum Gasteiger partial charge on any atom is 0.264 e. The zero-order valence-electron chi connectivity index (χ0n) is 24.1. The molecule has 2 amide bonds. The van der Waals surface area contributed by atoms with Gasteiger partial charge in [0.05, 0.1) is 34.8 Å².